The van der Waals surface area contributed by atoms with Crippen LogP contribution >= 0.6 is 11.6 Å². The average molecular weight is 367 g/mol. The minimum atomic E-state index is -0.327. The summed E-state index contributed by atoms with van der Waals surface area (Å²) in [6.07, 6.45) is 0. The molecule has 0 fully saturated rings. The molecular formula is C19H15ClN4O2. The Labute approximate surface area is 153 Å². The van der Waals surface area contributed by atoms with Gasteiger partial charge in [-0.05, 0) is 50.2 Å². The van der Waals surface area contributed by atoms with E-state index in [1.807, 2.05) is 19.1 Å². The molecule has 0 amide bonds. The number of aryl methyl sites for hydroxylation is 2. The van der Waals surface area contributed by atoms with E-state index in [-0.39, 0.29) is 11.1 Å². The van der Waals surface area contributed by atoms with Gasteiger partial charge in [0.15, 0.2) is 5.76 Å². The van der Waals surface area contributed by atoms with E-state index in [0.29, 0.717) is 38.9 Å². The fraction of sp³-hybridized carbons (Fsp3) is 0.105. The Morgan fingerprint density at radius 2 is 1.81 bits per heavy atom. The second-order valence-corrected chi connectivity index (χ2v) is 6.50. The first-order valence-corrected chi connectivity index (χ1v) is 8.35. The van der Waals surface area contributed by atoms with E-state index in [9.17, 15) is 4.79 Å². The zero-order valence-electron chi connectivity index (χ0n) is 14.2. The van der Waals surface area contributed by atoms with Crippen molar-refractivity contribution in [3.05, 3.63) is 69.2 Å². The average Bonchev–Trinajstić information content (AvgIpc) is 3.02. The maximum Gasteiger partial charge on any atom is 0.270 e. The fourth-order valence-electron chi connectivity index (χ4n) is 2.93. The molecule has 0 spiro atoms. The van der Waals surface area contributed by atoms with E-state index in [4.69, 9.17) is 21.9 Å². The molecule has 0 aliphatic carbocycles. The molecule has 4 aromatic rings. The highest BCUT2D eigenvalue weighted by molar-refractivity contribution is 6.30. The van der Waals surface area contributed by atoms with Crippen LogP contribution in [0.25, 0.3) is 28.0 Å². The highest BCUT2D eigenvalue weighted by atomic mass is 35.5. The largest absolute Gasteiger partial charge is 0.397 e. The van der Waals surface area contributed by atoms with Crippen molar-refractivity contribution in [2.75, 3.05) is 5.73 Å². The van der Waals surface area contributed by atoms with E-state index in [1.165, 1.54) is 4.57 Å². The van der Waals surface area contributed by atoms with Crippen LogP contribution in [-0.2, 0) is 0 Å². The Bertz CT molecular complexity index is 1190. The molecule has 0 radical (unpaired) electrons. The predicted molar refractivity (Wildman–Crippen MR) is 102 cm³/mol. The van der Waals surface area contributed by atoms with Gasteiger partial charge in [0.25, 0.3) is 5.56 Å². The number of benzene rings is 1. The third-order valence-electron chi connectivity index (χ3n) is 4.16. The van der Waals surface area contributed by atoms with Crippen molar-refractivity contribution in [2.45, 2.75) is 13.8 Å². The molecule has 0 aliphatic heterocycles. The summed E-state index contributed by atoms with van der Waals surface area (Å²) in [5.74, 6) is 0.329. The number of hydrogen-bond donors (Lipinski definition) is 1. The molecule has 0 saturated heterocycles. The van der Waals surface area contributed by atoms with E-state index in [0.717, 1.165) is 5.69 Å². The van der Waals surface area contributed by atoms with Crippen molar-refractivity contribution < 1.29 is 4.52 Å². The van der Waals surface area contributed by atoms with E-state index >= 15 is 0 Å². The lowest BCUT2D eigenvalue weighted by molar-refractivity contribution is 0.427. The first-order valence-electron chi connectivity index (χ1n) is 7.97. The van der Waals surface area contributed by atoms with Gasteiger partial charge in [0.1, 0.15) is 11.2 Å². The van der Waals surface area contributed by atoms with Gasteiger partial charge in [-0.2, -0.15) is 0 Å². The number of nitrogens with two attached hydrogens (primary N) is 1. The number of aromatic nitrogens is 3. The van der Waals surface area contributed by atoms with Crippen LogP contribution in [0.4, 0.5) is 5.69 Å². The predicted octanol–water partition coefficient (Wildman–Crippen LogP) is 3.89. The van der Waals surface area contributed by atoms with Crippen LogP contribution in [0.5, 0.6) is 0 Å². The second-order valence-electron chi connectivity index (χ2n) is 6.06. The first-order chi connectivity index (χ1) is 12.5. The quantitative estimate of drug-likeness (QED) is 0.581. The van der Waals surface area contributed by atoms with Gasteiger partial charge in [-0.1, -0.05) is 16.8 Å². The van der Waals surface area contributed by atoms with E-state index < -0.39 is 0 Å². The number of rotatable bonds is 2. The zero-order valence-corrected chi connectivity index (χ0v) is 14.9. The summed E-state index contributed by atoms with van der Waals surface area (Å²) < 4.78 is 6.83. The number of halogens is 1. The topological polar surface area (TPSA) is 86.9 Å². The minimum Gasteiger partial charge on any atom is -0.397 e. The van der Waals surface area contributed by atoms with Crippen LogP contribution in [0.2, 0.25) is 5.02 Å². The number of nitrogen functional groups attached to an aromatic ring is 1. The smallest absolute Gasteiger partial charge is 0.270 e. The first kappa shape index (κ1) is 16.4. The Hall–Kier alpha value is -3.12. The molecule has 26 heavy (non-hydrogen) atoms. The van der Waals surface area contributed by atoms with Gasteiger partial charge >= 0.3 is 0 Å². The molecule has 2 N–H and O–H groups in total. The summed E-state index contributed by atoms with van der Waals surface area (Å²) in [6, 6.07) is 12.4. The lowest BCUT2D eigenvalue weighted by Gasteiger charge is -2.14. The molecule has 0 bridgehead atoms. The molecule has 7 heteroatoms. The number of hydrogen-bond acceptors (Lipinski definition) is 5. The van der Waals surface area contributed by atoms with Crippen LogP contribution in [0, 0.1) is 13.8 Å². The normalized spacial score (nSPS) is 11.2. The minimum absolute atomic E-state index is 0.263. The van der Waals surface area contributed by atoms with Gasteiger partial charge in [-0.15, -0.1) is 0 Å². The third-order valence-corrected chi connectivity index (χ3v) is 4.41. The molecule has 4 rings (SSSR count). The summed E-state index contributed by atoms with van der Waals surface area (Å²) in [5.41, 5.74) is 9.14. The van der Waals surface area contributed by atoms with Crippen LogP contribution < -0.4 is 11.3 Å². The van der Waals surface area contributed by atoms with Crippen LogP contribution in [0.15, 0.2) is 51.8 Å². The Balaban J connectivity index is 2.16. The standard InChI is InChI=1S/C19H15ClN4O2/c1-10-3-8-14-17(21)16(15-9-11(2)23-26-15)19(25)24(18(14)22-10)13-6-4-12(20)5-7-13/h3-9H,21H2,1-2H3. The van der Waals surface area contributed by atoms with Gasteiger partial charge in [-0.25, -0.2) is 4.98 Å². The maximum absolute atomic E-state index is 13.3. The van der Waals surface area contributed by atoms with Gasteiger partial charge < -0.3 is 10.3 Å². The Morgan fingerprint density at radius 1 is 1.08 bits per heavy atom. The maximum atomic E-state index is 13.3. The van der Waals surface area contributed by atoms with Crippen molar-refractivity contribution in [1.29, 1.82) is 0 Å². The van der Waals surface area contributed by atoms with E-state index in [1.54, 1.807) is 37.3 Å². The third kappa shape index (κ3) is 2.55. The molecule has 1 aromatic carbocycles. The molecule has 0 aliphatic rings. The highest BCUT2D eigenvalue weighted by Crippen LogP contribution is 2.30. The molecular weight excluding hydrogens is 352 g/mol. The molecule has 0 atom stereocenters. The Morgan fingerprint density at radius 3 is 2.46 bits per heavy atom. The SMILES string of the molecule is Cc1cc(-c2c(N)c3ccc(C)nc3n(-c3ccc(Cl)cc3)c2=O)on1. The summed E-state index contributed by atoms with van der Waals surface area (Å²) in [5, 5.41) is 5.11. The lowest BCUT2D eigenvalue weighted by Crippen LogP contribution is -2.23. The van der Waals surface area contributed by atoms with Crippen molar-refractivity contribution in [2.24, 2.45) is 0 Å². The van der Waals surface area contributed by atoms with Gasteiger partial charge in [0.05, 0.1) is 17.1 Å². The number of pyridine rings is 2. The lowest BCUT2D eigenvalue weighted by atomic mass is 10.1. The van der Waals surface area contributed by atoms with Crippen molar-refractivity contribution >= 4 is 28.3 Å². The zero-order chi connectivity index (χ0) is 18.4. The summed E-state index contributed by atoms with van der Waals surface area (Å²) >= 11 is 5.99. The van der Waals surface area contributed by atoms with Crippen LogP contribution in [0.1, 0.15) is 11.4 Å². The Kier molecular flexibility index (Phi) is 3.77. The number of nitrogens with zero attached hydrogens (tertiary/aromatic N) is 3. The molecule has 130 valence electrons. The molecule has 0 unspecified atom stereocenters. The van der Waals surface area contributed by atoms with Crippen LogP contribution in [0.3, 0.4) is 0 Å². The molecule has 3 heterocycles. The molecule has 0 saturated carbocycles. The van der Waals surface area contributed by atoms with Crippen LogP contribution in [-0.4, -0.2) is 14.7 Å². The fourth-order valence-corrected chi connectivity index (χ4v) is 3.06. The summed E-state index contributed by atoms with van der Waals surface area (Å²) in [4.78, 5) is 17.9. The van der Waals surface area contributed by atoms with Gasteiger partial charge in [0.2, 0.25) is 0 Å². The van der Waals surface area contributed by atoms with Crippen molar-refractivity contribution in [1.82, 2.24) is 14.7 Å². The molecule has 3 aromatic heterocycles. The summed E-state index contributed by atoms with van der Waals surface area (Å²) in [6.45, 7) is 3.65. The van der Waals surface area contributed by atoms with E-state index in [2.05, 4.69) is 10.1 Å². The van der Waals surface area contributed by atoms with Crippen molar-refractivity contribution in [3.8, 4) is 17.0 Å². The monoisotopic (exact) mass is 366 g/mol. The van der Waals surface area contributed by atoms with Crippen molar-refractivity contribution in [3.63, 3.8) is 0 Å². The molecule has 6 nitrogen and oxygen atoms in total. The van der Waals surface area contributed by atoms with Gasteiger partial charge in [-0.3, -0.25) is 9.36 Å². The second kappa shape index (κ2) is 6.00. The number of anilines is 1. The highest BCUT2D eigenvalue weighted by Gasteiger charge is 2.21. The number of fused-ring (bicyclic) bond motifs is 1. The van der Waals surface area contributed by atoms with Gasteiger partial charge in [0, 0.05) is 22.2 Å². The summed E-state index contributed by atoms with van der Waals surface area (Å²) in [7, 11) is 0.